The number of ether oxygens (including phenoxy) is 2. The number of hydrogen-bond acceptors (Lipinski definition) is 6. The average Bonchev–Trinajstić information content (AvgIpc) is 3.18. The maximum Gasteiger partial charge on any atom is 0.416 e. The van der Waals surface area contributed by atoms with Crippen molar-refractivity contribution in [3.05, 3.63) is 70.2 Å². The van der Waals surface area contributed by atoms with Crippen molar-refractivity contribution in [3.8, 4) is 11.5 Å². The van der Waals surface area contributed by atoms with Crippen LogP contribution in [0, 0.1) is 0 Å². The SMILES string of the molecule is COc1ccc(C(=O)Nc2ncc(Cc3cccc(C(F)(F)F)c3)s2)cc1OCCO. The van der Waals surface area contributed by atoms with Gasteiger partial charge in [-0.25, -0.2) is 4.98 Å². The van der Waals surface area contributed by atoms with E-state index in [1.54, 1.807) is 18.2 Å². The van der Waals surface area contributed by atoms with E-state index in [0.29, 0.717) is 32.6 Å². The smallest absolute Gasteiger partial charge is 0.416 e. The van der Waals surface area contributed by atoms with E-state index in [0.717, 1.165) is 12.1 Å². The third kappa shape index (κ3) is 5.96. The summed E-state index contributed by atoms with van der Waals surface area (Å²) in [5.74, 6) is 0.299. The van der Waals surface area contributed by atoms with E-state index in [2.05, 4.69) is 10.3 Å². The minimum atomic E-state index is -4.40. The van der Waals surface area contributed by atoms with E-state index < -0.39 is 17.6 Å². The Morgan fingerprint density at radius 1 is 1.19 bits per heavy atom. The number of carbonyl (C=O) groups is 1. The maximum absolute atomic E-state index is 12.9. The second kappa shape index (κ2) is 9.80. The molecule has 6 nitrogen and oxygen atoms in total. The molecule has 0 unspecified atom stereocenters. The fourth-order valence-corrected chi connectivity index (χ4v) is 3.60. The summed E-state index contributed by atoms with van der Waals surface area (Å²) < 4.78 is 49.2. The number of carbonyl (C=O) groups excluding carboxylic acids is 1. The van der Waals surface area contributed by atoms with Crippen LogP contribution in [0.3, 0.4) is 0 Å². The van der Waals surface area contributed by atoms with Crippen LogP contribution in [0.25, 0.3) is 0 Å². The van der Waals surface area contributed by atoms with E-state index in [-0.39, 0.29) is 19.6 Å². The van der Waals surface area contributed by atoms with Gasteiger partial charge in [-0.2, -0.15) is 13.2 Å². The lowest BCUT2D eigenvalue weighted by Gasteiger charge is -2.11. The van der Waals surface area contributed by atoms with Gasteiger partial charge in [-0.1, -0.05) is 18.2 Å². The fraction of sp³-hybridized carbons (Fsp3) is 0.238. The number of methoxy groups -OCH3 is 1. The van der Waals surface area contributed by atoms with Crippen molar-refractivity contribution in [2.24, 2.45) is 0 Å². The van der Waals surface area contributed by atoms with Crippen molar-refractivity contribution >= 4 is 22.4 Å². The Balaban J connectivity index is 1.69. The number of halogens is 3. The van der Waals surface area contributed by atoms with Gasteiger partial charge >= 0.3 is 6.18 Å². The Kier molecular flexibility index (Phi) is 7.13. The number of aromatic nitrogens is 1. The molecule has 0 bridgehead atoms. The molecule has 0 saturated heterocycles. The summed E-state index contributed by atoms with van der Waals surface area (Å²) in [5, 5.41) is 11.9. The van der Waals surface area contributed by atoms with Crippen molar-refractivity contribution in [2.75, 3.05) is 25.6 Å². The number of alkyl halides is 3. The fourth-order valence-electron chi connectivity index (χ4n) is 2.76. The molecule has 0 radical (unpaired) electrons. The minimum absolute atomic E-state index is 0.0484. The van der Waals surface area contributed by atoms with Crippen LogP contribution in [-0.4, -0.2) is 36.3 Å². The minimum Gasteiger partial charge on any atom is -0.493 e. The lowest BCUT2D eigenvalue weighted by molar-refractivity contribution is -0.137. The highest BCUT2D eigenvalue weighted by atomic mass is 32.1. The number of aliphatic hydroxyl groups is 1. The average molecular weight is 452 g/mol. The molecule has 0 fully saturated rings. The third-order valence-corrected chi connectivity index (χ3v) is 5.09. The van der Waals surface area contributed by atoms with Crippen molar-refractivity contribution in [1.82, 2.24) is 4.98 Å². The third-order valence-electron chi connectivity index (χ3n) is 4.18. The lowest BCUT2D eigenvalue weighted by atomic mass is 10.1. The molecule has 31 heavy (non-hydrogen) atoms. The molecule has 10 heteroatoms. The summed E-state index contributed by atoms with van der Waals surface area (Å²) in [7, 11) is 1.46. The number of thiazole rings is 1. The van der Waals surface area contributed by atoms with Crippen molar-refractivity contribution in [3.63, 3.8) is 0 Å². The molecule has 2 N–H and O–H groups in total. The molecule has 3 aromatic rings. The van der Waals surface area contributed by atoms with E-state index >= 15 is 0 Å². The first-order chi connectivity index (χ1) is 14.8. The molecule has 0 aliphatic carbocycles. The second-order valence-corrected chi connectivity index (χ2v) is 7.51. The predicted octanol–water partition coefficient (Wildman–Crippen LogP) is 4.38. The zero-order chi connectivity index (χ0) is 22.4. The largest absolute Gasteiger partial charge is 0.493 e. The second-order valence-electron chi connectivity index (χ2n) is 6.40. The quantitative estimate of drug-likeness (QED) is 0.530. The summed E-state index contributed by atoms with van der Waals surface area (Å²) >= 11 is 1.18. The van der Waals surface area contributed by atoms with Crippen molar-refractivity contribution in [1.29, 1.82) is 0 Å². The summed E-state index contributed by atoms with van der Waals surface area (Å²) in [4.78, 5) is 17.4. The number of benzene rings is 2. The first kappa shape index (κ1) is 22.6. The number of aliphatic hydroxyl groups excluding tert-OH is 1. The van der Waals surface area contributed by atoms with Crippen LogP contribution < -0.4 is 14.8 Å². The lowest BCUT2D eigenvalue weighted by Crippen LogP contribution is -2.12. The van der Waals surface area contributed by atoms with Crippen LogP contribution in [0.5, 0.6) is 11.5 Å². The molecule has 164 valence electrons. The number of anilines is 1. The predicted molar refractivity (Wildman–Crippen MR) is 110 cm³/mol. The summed E-state index contributed by atoms with van der Waals surface area (Å²) in [6, 6.07) is 9.71. The Morgan fingerprint density at radius 3 is 2.71 bits per heavy atom. The van der Waals surface area contributed by atoms with E-state index in [9.17, 15) is 18.0 Å². The first-order valence-electron chi connectivity index (χ1n) is 9.14. The molecule has 3 rings (SSSR count). The van der Waals surface area contributed by atoms with Crippen LogP contribution in [0.15, 0.2) is 48.7 Å². The standard InChI is InChI=1S/C21H19F3N2O4S/c1-29-17-6-5-14(11-18(17)30-8-7-27)19(28)26-20-25-12-16(31-20)10-13-3-2-4-15(9-13)21(22,23)24/h2-6,9,11-12,27H,7-8,10H2,1H3,(H,25,26,28). The van der Waals surface area contributed by atoms with E-state index in [1.807, 2.05) is 0 Å². The molecule has 1 amide bonds. The topological polar surface area (TPSA) is 80.7 Å². The Bertz CT molecular complexity index is 1050. The van der Waals surface area contributed by atoms with E-state index in [4.69, 9.17) is 14.6 Å². The molecular formula is C21H19F3N2O4S. The molecule has 1 heterocycles. The van der Waals surface area contributed by atoms with Crippen LogP contribution in [-0.2, 0) is 12.6 Å². The Hall–Kier alpha value is -3.11. The first-order valence-corrected chi connectivity index (χ1v) is 9.95. The number of nitrogens with one attached hydrogen (secondary N) is 1. The van der Waals surface area contributed by atoms with Gasteiger partial charge in [0.2, 0.25) is 0 Å². The maximum atomic E-state index is 12.9. The molecule has 0 spiro atoms. The molecule has 0 aliphatic heterocycles. The number of nitrogens with zero attached hydrogens (tertiary/aromatic N) is 1. The monoisotopic (exact) mass is 452 g/mol. The van der Waals surface area contributed by atoms with Crippen molar-refractivity contribution in [2.45, 2.75) is 12.6 Å². The summed E-state index contributed by atoms with van der Waals surface area (Å²) in [6.07, 6.45) is -2.62. The van der Waals surface area contributed by atoms with E-state index in [1.165, 1.54) is 36.8 Å². The van der Waals surface area contributed by atoms with Gasteiger partial charge in [0.05, 0.1) is 19.3 Å². The van der Waals surface area contributed by atoms with Gasteiger partial charge in [0.15, 0.2) is 16.6 Å². The molecule has 0 saturated carbocycles. The zero-order valence-corrected chi connectivity index (χ0v) is 17.2. The highest BCUT2D eigenvalue weighted by molar-refractivity contribution is 7.15. The Morgan fingerprint density at radius 2 is 2.00 bits per heavy atom. The van der Waals surface area contributed by atoms with Crippen LogP contribution in [0.4, 0.5) is 18.3 Å². The molecule has 0 aliphatic rings. The molecule has 2 aromatic carbocycles. The van der Waals surface area contributed by atoms with Crippen LogP contribution >= 0.6 is 11.3 Å². The zero-order valence-electron chi connectivity index (χ0n) is 16.4. The number of amides is 1. The van der Waals surface area contributed by atoms with Crippen LogP contribution in [0.1, 0.15) is 26.4 Å². The Labute approximate surface area is 180 Å². The molecular weight excluding hydrogens is 433 g/mol. The van der Waals surface area contributed by atoms with Gasteiger partial charge in [-0.3, -0.25) is 10.1 Å². The number of rotatable bonds is 8. The molecule has 1 aromatic heterocycles. The van der Waals surface area contributed by atoms with Gasteiger partial charge in [0, 0.05) is 23.1 Å². The van der Waals surface area contributed by atoms with Gasteiger partial charge < -0.3 is 14.6 Å². The van der Waals surface area contributed by atoms with Gasteiger partial charge in [-0.05, 0) is 29.8 Å². The molecule has 0 atom stereocenters. The van der Waals surface area contributed by atoms with Gasteiger partial charge in [-0.15, -0.1) is 11.3 Å². The van der Waals surface area contributed by atoms with Gasteiger partial charge in [0.1, 0.15) is 6.61 Å². The number of hydrogen-bond donors (Lipinski definition) is 2. The highest BCUT2D eigenvalue weighted by Gasteiger charge is 2.30. The van der Waals surface area contributed by atoms with Gasteiger partial charge in [0.25, 0.3) is 5.91 Å². The van der Waals surface area contributed by atoms with Crippen molar-refractivity contribution < 1.29 is 32.5 Å². The summed E-state index contributed by atoms with van der Waals surface area (Å²) in [5.41, 5.74) is 0.0855. The normalized spacial score (nSPS) is 11.3. The summed E-state index contributed by atoms with van der Waals surface area (Å²) in [6.45, 7) is -0.139. The highest BCUT2D eigenvalue weighted by Crippen LogP contribution is 2.31. The van der Waals surface area contributed by atoms with Crippen LogP contribution in [0.2, 0.25) is 0 Å².